The van der Waals surface area contributed by atoms with E-state index in [0.29, 0.717) is 34.6 Å². The average Bonchev–Trinajstić information content (AvgIpc) is 2.66. The number of rotatable bonds is 7. The van der Waals surface area contributed by atoms with Crippen molar-refractivity contribution in [1.29, 1.82) is 0 Å². The van der Waals surface area contributed by atoms with Gasteiger partial charge in [0, 0.05) is 17.4 Å². The van der Waals surface area contributed by atoms with E-state index in [9.17, 15) is 18.8 Å². The van der Waals surface area contributed by atoms with Gasteiger partial charge in [-0.05, 0) is 43.2 Å². The number of anilines is 1. The molecular weight excluding hydrogens is 429 g/mol. The molecule has 3 rings (SSSR count). The number of fused-ring (bicyclic) bond motifs is 1. The molecule has 0 bridgehead atoms. The number of para-hydroxylation sites is 1. The first kappa shape index (κ1) is 20.0. The number of carbonyl (C=O) groups is 1. The minimum Gasteiger partial charge on any atom is -0.324 e. The minimum atomic E-state index is -0.502. The second-order valence-electron chi connectivity index (χ2n) is 6.42. The standard InChI is InChI=1S/C20H19BrFN3O3/c21-13-9-10-17(15(22)12-13)23-18(26)8-2-1-5-11-25-19(27)14-6-3-4-7-16(14)24-20(25)28/h3-4,6-7,9-10,12H,1-2,5,8,11H2,(H,23,26)(H,24,28). The molecule has 0 radical (unpaired) electrons. The molecule has 1 amide bonds. The zero-order valence-electron chi connectivity index (χ0n) is 15.0. The molecule has 2 N–H and O–H groups in total. The van der Waals surface area contributed by atoms with E-state index < -0.39 is 11.5 Å². The first-order chi connectivity index (χ1) is 13.5. The van der Waals surface area contributed by atoms with Gasteiger partial charge in [-0.25, -0.2) is 9.18 Å². The van der Waals surface area contributed by atoms with E-state index in [0.717, 1.165) is 0 Å². The van der Waals surface area contributed by atoms with Crippen molar-refractivity contribution >= 4 is 38.4 Å². The van der Waals surface area contributed by atoms with Gasteiger partial charge in [-0.3, -0.25) is 14.2 Å². The summed E-state index contributed by atoms with van der Waals surface area (Å²) in [6, 6.07) is 11.3. The Balaban J connectivity index is 1.50. The third-order valence-corrected chi connectivity index (χ3v) is 4.87. The highest BCUT2D eigenvalue weighted by Crippen LogP contribution is 2.19. The second kappa shape index (κ2) is 8.97. The second-order valence-corrected chi connectivity index (χ2v) is 7.33. The first-order valence-electron chi connectivity index (χ1n) is 8.92. The lowest BCUT2D eigenvalue weighted by molar-refractivity contribution is -0.116. The van der Waals surface area contributed by atoms with Crippen LogP contribution in [0.5, 0.6) is 0 Å². The van der Waals surface area contributed by atoms with E-state index in [1.165, 1.54) is 16.7 Å². The van der Waals surface area contributed by atoms with Crippen LogP contribution in [0.3, 0.4) is 0 Å². The fourth-order valence-electron chi connectivity index (χ4n) is 2.94. The van der Waals surface area contributed by atoms with Gasteiger partial charge < -0.3 is 10.3 Å². The Labute approximate surface area is 168 Å². The van der Waals surface area contributed by atoms with Crippen molar-refractivity contribution in [3.8, 4) is 0 Å². The Bertz CT molecular complexity index is 1120. The fraction of sp³-hybridized carbons (Fsp3) is 0.250. The van der Waals surface area contributed by atoms with E-state index in [1.807, 2.05) is 0 Å². The molecule has 0 atom stereocenters. The smallest absolute Gasteiger partial charge is 0.324 e. The van der Waals surface area contributed by atoms with Crippen molar-refractivity contribution in [3.63, 3.8) is 0 Å². The van der Waals surface area contributed by atoms with Crippen molar-refractivity contribution in [3.05, 3.63) is 73.6 Å². The summed E-state index contributed by atoms with van der Waals surface area (Å²) >= 11 is 3.16. The molecule has 146 valence electrons. The molecule has 0 unspecified atom stereocenters. The lowest BCUT2D eigenvalue weighted by Crippen LogP contribution is -2.35. The third-order valence-electron chi connectivity index (χ3n) is 4.38. The van der Waals surface area contributed by atoms with Crippen LogP contribution in [0.25, 0.3) is 10.9 Å². The van der Waals surface area contributed by atoms with Crippen LogP contribution in [0, 0.1) is 5.82 Å². The number of halogens is 2. The number of nitrogens with one attached hydrogen (secondary N) is 2. The maximum Gasteiger partial charge on any atom is 0.328 e. The number of carbonyl (C=O) groups excluding carboxylic acids is 1. The lowest BCUT2D eigenvalue weighted by atomic mass is 10.1. The summed E-state index contributed by atoms with van der Waals surface area (Å²) in [4.78, 5) is 39.1. The molecule has 0 aliphatic heterocycles. The summed E-state index contributed by atoms with van der Waals surface area (Å²) in [7, 11) is 0. The average molecular weight is 448 g/mol. The van der Waals surface area contributed by atoms with Crippen LogP contribution in [0.2, 0.25) is 0 Å². The van der Waals surface area contributed by atoms with Gasteiger partial charge in [0.1, 0.15) is 5.82 Å². The van der Waals surface area contributed by atoms with Crippen molar-refractivity contribution in [2.75, 3.05) is 5.32 Å². The number of benzene rings is 2. The van der Waals surface area contributed by atoms with Crippen molar-refractivity contribution in [2.45, 2.75) is 32.2 Å². The summed E-state index contributed by atoms with van der Waals surface area (Å²) in [5.41, 5.74) is -0.0944. The van der Waals surface area contributed by atoms with Crippen LogP contribution in [0.1, 0.15) is 25.7 Å². The molecule has 28 heavy (non-hydrogen) atoms. The highest BCUT2D eigenvalue weighted by Gasteiger charge is 2.09. The number of hydrogen-bond acceptors (Lipinski definition) is 3. The molecule has 0 saturated carbocycles. The SMILES string of the molecule is O=C(CCCCCn1c(=O)[nH]c2ccccc2c1=O)Nc1ccc(Br)cc1F. The molecule has 1 aromatic heterocycles. The zero-order valence-corrected chi connectivity index (χ0v) is 16.6. The molecule has 0 saturated heterocycles. The van der Waals surface area contributed by atoms with E-state index in [2.05, 4.69) is 26.2 Å². The molecule has 1 heterocycles. The lowest BCUT2D eigenvalue weighted by Gasteiger charge is -2.08. The number of unbranched alkanes of at least 4 members (excludes halogenated alkanes) is 2. The van der Waals surface area contributed by atoms with Gasteiger partial charge in [0.25, 0.3) is 5.56 Å². The number of nitrogens with zero attached hydrogens (tertiary/aromatic N) is 1. The number of amides is 1. The van der Waals surface area contributed by atoms with Crippen LogP contribution >= 0.6 is 15.9 Å². The Kier molecular flexibility index (Phi) is 6.41. The maximum absolute atomic E-state index is 13.7. The van der Waals surface area contributed by atoms with Gasteiger partial charge >= 0.3 is 5.69 Å². The third kappa shape index (κ3) is 4.75. The molecule has 0 aliphatic rings. The highest BCUT2D eigenvalue weighted by atomic mass is 79.9. The Hall–Kier alpha value is -2.74. The topological polar surface area (TPSA) is 84.0 Å². The van der Waals surface area contributed by atoms with Crippen LogP contribution in [-0.2, 0) is 11.3 Å². The number of aromatic amines is 1. The summed E-state index contributed by atoms with van der Waals surface area (Å²) < 4.78 is 15.5. The summed E-state index contributed by atoms with van der Waals surface area (Å²) in [5.74, 6) is -0.778. The Morgan fingerprint density at radius 2 is 1.89 bits per heavy atom. The first-order valence-corrected chi connectivity index (χ1v) is 9.72. The largest absolute Gasteiger partial charge is 0.328 e. The minimum absolute atomic E-state index is 0.141. The molecule has 0 aliphatic carbocycles. The van der Waals surface area contributed by atoms with Crippen molar-refractivity contribution < 1.29 is 9.18 Å². The van der Waals surface area contributed by atoms with E-state index in [4.69, 9.17) is 0 Å². The predicted octanol–water partition coefficient (Wildman–Crippen LogP) is 3.79. The number of hydrogen-bond donors (Lipinski definition) is 2. The van der Waals surface area contributed by atoms with Crippen LogP contribution in [-0.4, -0.2) is 15.5 Å². The van der Waals surface area contributed by atoms with Gasteiger partial charge in [-0.1, -0.05) is 34.5 Å². The van der Waals surface area contributed by atoms with Crippen LogP contribution in [0.15, 0.2) is 56.5 Å². The fourth-order valence-corrected chi connectivity index (χ4v) is 3.27. The van der Waals surface area contributed by atoms with E-state index in [1.54, 1.807) is 30.3 Å². The molecule has 2 aromatic carbocycles. The van der Waals surface area contributed by atoms with Gasteiger partial charge in [0.2, 0.25) is 5.91 Å². The normalized spacial score (nSPS) is 10.9. The molecule has 8 heteroatoms. The molecular formula is C20H19BrFN3O3. The van der Waals surface area contributed by atoms with Gasteiger partial charge in [-0.2, -0.15) is 0 Å². The number of aromatic nitrogens is 2. The summed E-state index contributed by atoms with van der Waals surface area (Å²) in [6.45, 7) is 0.280. The monoisotopic (exact) mass is 447 g/mol. The predicted molar refractivity (Wildman–Crippen MR) is 110 cm³/mol. The van der Waals surface area contributed by atoms with Gasteiger partial charge in [0.05, 0.1) is 16.6 Å². The molecule has 6 nitrogen and oxygen atoms in total. The van der Waals surface area contributed by atoms with Crippen molar-refractivity contribution in [1.82, 2.24) is 9.55 Å². The molecule has 0 fully saturated rings. The molecule has 3 aromatic rings. The quantitative estimate of drug-likeness (QED) is 0.540. The zero-order chi connectivity index (χ0) is 20.1. The maximum atomic E-state index is 13.7. The van der Waals surface area contributed by atoms with Gasteiger partial charge in [0.15, 0.2) is 0 Å². The summed E-state index contributed by atoms with van der Waals surface area (Å²) in [5, 5.41) is 3.01. The summed E-state index contributed by atoms with van der Waals surface area (Å²) in [6.07, 6.45) is 2.05. The van der Waals surface area contributed by atoms with E-state index >= 15 is 0 Å². The van der Waals surface area contributed by atoms with E-state index in [-0.39, 0.29) is 30.1 Å². The van der Waals surface area contributed by atoms with Crippen LogP contribution < -0.4 is 16.6 Å². The van der Waals surface area contributed by atoms with Crippen LogP contribution in [0.4, 0.5) is 10.1 Å². The Morgan fingerprint density at radius 1 is 1.11 bits per heavy atom. The Morgan fingerprint density at radius 3 is 2.68 bits per heavy atom. The highest BCUT2D eigenvalue weighted by molar-refractivity contribution is 9.10. The number of H-pyrrole nitrogens is 1. The van der Waals surface area contributed by atoms with Gasteiger partial charge in [-0.15, -0.1) is 0 Å². The molecule has 0 spiro atoms. The van der Waals surface area contributed by atoms with Crippen molar-refractivity contribution in [2.24, 2.45) is 0 Å².